The predicted octanol–water partition coefficient (Wildman–Crippen LogP) is 2.89. The third-order valence-corrected chi connectivity index (χ3v) is 5.37. The van der Waals surface area contributed by atoms with Crippen LogP contribution < -0.4 is 0 Å². The minimum Gasteiger partial charge on any atom is -0.361 e. The second-order valence-electron chi connectivity index (χ2n) is 5.31. The van der Waals surface area contributed by atoms with Gasteiger partial charge in [0.25, 0.3) is 0 Å². The van der Waals surface area contributed by atoms with Crippen molar-refractivity contribution in [3.63, 3.8) is 0 Å². The Morgan fingerprint density at radius 1 is 1.17 bits per heavy atom. The lowest BCUT2D eigenvalue weighted by molar-refractivity contribution is -0.00746. The number of rotatable bonds is 7. The number of aryl methyl sites for hydroxylation is 1. The standard InChI is InChI=1S/C18H19N3O2S/c1-3-13-21(14-18(20-19)16-7-5-4-6-8-16)24(22,23)17-11-9-15(2)10-12-17/h3-12H,1,13-14H2,2H3. The Labute approximate surface area is 142 Å². The van der Waals surface area contributed by atoms with Crippen molar-refractivity contribution in [3.05, 3.63) is 83.9 Å². The molecule has 0 bridgehead atoms. The van der Waals surface area contributed by atoms with Gasteiger partial charge in [-0.3, -0.25) is 0 Å². The first-order valence-corrected chi connectivity index (χ1v) is 8.87. The molecule has 2 rings (SSSR count). The molecule has 0 unspecified atom stereocenters. The fourth-order valence-electron chi connectivity index (χ4n) is 2.23. The Bertz CT molecular complexity index is 853. The highest BCUT2D eigenvalue weighted by molar-refractivity contribution is 7.89. The third kappa shape index (κ3) is 4.06. The summed E-state index contributed by atoms with van der Waals surface area (Å²) in [6.45, 7) is 5.57. The van der Waals surface area contributed by atoms with E-state index in [1.807, 2.05) is 13.0 Å². The Hall–Kier alpha value is -2.53. The van der Waals surface area contributed by atoms with Crippen molar-refractivity contribution < 1.29 is 13.2 Å². The molecule has 0 aromatic heterocycles. The lowest BCUT2D eigenvalue weighted by Crippen LogP contribution is -2.36. The van der Waals surface area contributed by atoms with Crippen molar-refractivity contribution in [2.45, 2.75) is 11.8 Å². The van der Waals surface area contributed by atoms with Crippen LogP contribution >= 0.6 is 0 Å². The van der Waals surface area contributed by atoms with E-state index < -0.39 is 10.0 Å². The van der Waals surface area contributed by atoms with Gasteiger partial charge in [0.05, 0.1) is 10.5 Å². The third-order valence-electron chi connectivity index (χ3n) is 3.55. The summed E-state index contributed by atoms with van der Waals surface area (Å²) in [6, 6.07) is 15.6. The average Bonchev–Trinajstić information content (AvgIpc) is 2.59. The summed E-state index contributed by atoms with van der Waals surface area (Å²) in [4.78, 5) is 3.47. The fraction of sp³-hybridized carbons (Fsp3) is 0.167. The second-order valence-corrected chi connectivity index (χ2v) is 7.25. The van der Waals surface area contributed by atoms with Crippen LogP contribution in [0, 0.1) is 6.92 Å². The van der Waals surface area contributed by atoms with Gasteiger partial charge in [0.15, 0.2) is 0 Å². The molecule has 0 saturated carbocycles. The van der Waals surface area contributed by atoms with Crippen molar-refractivity contribution in [2.24, 2.45) is 0 Å². The van der Waals surface area contributed by atoms with E-state index in [1.165, 1.54) is 10.4 Å². The van der Waals surface area contributed by atoms with Gasteiger partial charge in [-0.25, -0.2) is 8.42 Å². The zero-order chi connectivity index (χ0) is 17.6. The van der Waals surface area contributed by atoms with Crippen LogP contribution in [0.15, 0.2) is 72.1 Å². The first kappa shape index (κ1) is 17.8. The number of hydrogen-bond donors (Lipinski definition) is 0. The number of benzene rings is 2. The summed E-state index contributed by atoms with van der Waals surface area (Å²) in [5, 5.41) is 0. The minimum atomic E-state index is -3.72. The van der Waals surface area contributed by atoms with Gasteiger partial charge >= 0.3 is 5.71 Å². The van der Waals surface area contributed by atoms with Gasteiger partial charge in [-0.1, -0.05) is 42.0 Å². The summed E-state index contributed by atoms with van der Waals surface area (Å²) in [7, 11) is -3.72. The van der Waals surface area contributed by atoms with Gasteiger partial charge < -0.3 is 5.53 Å². The Morgan fingerprint density at radius 2 is 1.79 bits per heavy atom. The molecule has 0 fully saturated rings. The zero-order valence-corrected chi connectivity index (χ0v) is 14.3. The van der Waals surface area contributed by atoms with Crippen LogP contribution in [0.25, 0.3) is 5.53 Å². The van der Waals surface area contributed by atoms with Crippen molar-refractivity contribution in [1.82, 2.24) is 4.31 Å². The molecule has 0 amide bonds. The van der Waals surface area contributed by atoms with Gasteiger partial charge in [0.2, 0.25) is 10.0 Å². The lowest BCUT2D eigenvalue weighted by atomic mass is 10.1. The maximum atomic E-state index is 12.9. The molecular weight excluding hydrogens is 322 g/mol. The second kappa shape index (κ2) is 7.84. The summed E-state index contributed by atoms with van der Waals surface area (Å²) < 4.78 is 26.9. The van der Waals surface area contributed by atoms with Crippen molar-refractivity contribution in [1.29, 1.82) is 0 Å². The van der Waals surface area contributed by atoms with E-state index in [0.29, 0.717) is 5.56 Å². The highest BCUT2D eigenvalue weighted by Gasteiger charge is 2.28. The molecule has 2 aromatic rings. The highest BCUT2D eigenvalue weighted by atomic mass is 32.2. The molecule has 6 heteroatoms. The fourth-order valence-corrected chi connectivity index (χ4v) is 3.60. The molecular formula is C18H19N3O2S. The van der Waals surface area contributed by atoms with Crippen molar-refractivity contribution >= 4 is 15.7 Å². The molecule has 2 aromatic carbocycles. The van der Waals surface area contributed by atoms with Crippen molar-refractivity contribution in [3.8, 4) is 0 Å². The Balaban J connectivity index is 2.36. The number of nitrogens with zero attached hydrogens (tertiary/aromatic N) is 3. The Morgan fingerprint density at radius 3 is 2.33 bits per heavy atom. The van der Waals surface area contributed by atoms with Gasteiger partial charge in [-0.05, 0) is 31.2 Å². The van der Waals surface area contributed by atoms with Crippen LogP contribution in [0.4, 0.5) is 0 Å². The maximum Gasteiger partial charge on any atom is 0.314 e. The molecule has 0 radical (unpaired) electrons. The predicted molar refractivity (Wildman–Crippen MR) is 94.3 cm³/mol. The largest absolute Gasteiger partial charge is 0.361 e. The summed E-state index contributed by atoms with van der Waals surface area (Å²) >= 11 is 0. The summed E-state index contributed by atoms with van der Waals surface area (Å²) in [6.07, 6.45) is 1.51. The minimum absolute atomic E-state index is 0.0528. The van der Waals surface area contributed by atoms with Gasteiger partial charge in [0.1, 0.15) is 6.54 Å². The number of hydrogen-bond acceptors (Lipinski definition) is 2. The molecule has 0 atom stereocenters. The highest BCUT2D eigenvalue weighted by Crippen LogP contribution is 2.17. The van der Waals surface area contributed by atoms with E-state index in [0.717, 1.165) is 5.56 Å². The van der Waals surface area contributed by atoms with Crippen LogP contribution in [0.3, 0.4) is 0 Å². The van der Waals surface area contributed by atoms with Crippen LogP contribution in [0.5, 0.6) is 0 Å². The molecule has 0 aliphatic rings. The molecule has 0 spiro atoms. The molecule has 0 aliphatic carbocycles. The maximum absolute atomic E-state index is 12.9. The summed E-state index contributed by atoms with van der Waals surface area (Å²) in [5.74, 6) is 0. The van der Waals surface area contributed by atoms with Crippen LogP contribution in [0.1, 0.15) is 11.1 Å². The van der Waals surface area contributed by atoms with E-state index in [9.17, 15) is 13.9 Å². The quantitative estimate of drug-likeness (QED) is 0.336. The zero-order valence-electron chi connectivity index (χ0n) is 13.5. The number of sulfonamides is 1. The normalized spacial score (nSPS) is 11.1. The van der Waals surface area contributed by atoms with E-state index in [-0.39, 0.29) is 23.7 Å². The lowest BCUT2D eigenvalue weighted by Gasteiger charge is -2.19. The van der Waals surface area contributed by atoms with E-state index in [4.69, 9.17) is 0 Å². The van der Waals surface area contributed by atoms with Gasteiger partial charge in [0, 0.05) is 6.54 Å². The molecule has 0 N–H and O–H groups in total. The molecule has 0 saturated heterocycles. The summed E-state index contributed by atoms with van der Waals surface area (Å²) in [5.41, 5.74) is 11.2. The Kier molecular flexibility index (Phi) is 5.82. The molecule has 124 valence electrons. The van der Waals surface area contributed by atoms with Gasteiger partial charge in [-0.2, -0.15) is 9.10 Å². The van der Waals surface area contributed by atoms with Crippen molar-refractivity contribution in [2.75, 3.05) is 13.1 Å². The molecule has 0 aliphatic heterocycles. The monoisotopic (exact) mass is 341 g/mol. The average molecular weight is 341 g/mol. The van der Waals surface area contributed by atoms with E-state index in [1.54, 1.807) is 48.5 Å². The molecule has 0 heterocycles. The van der Waals surface area contributed by atoms with Crippen LogP contribution in [0.2, 0.25) is 0 Å². The van der Waals surface area contributed by atoms with E-state index >= 15 is 0 Å². The SMILES string of the molecule is C=CCN(CC(=[N+]=[N-])c1ccccc1)S(=O)(=O)c1ccc(C)cc1. The van der Waals surface area contributed by atoms with Gasteiger partial charge in [-0.15, -0.1) is 6.58 Å². The first-order valence-electron chi connectivity index (χ1n) is 7.43. The van der Waals surface area contributed by atoms with Crippen LogP contribution in [-0.4, -0.2) is 36.3 Å². The molecule has 5 nitrogen and oxygen atoms in total. The smallest absolute Gasteiger partial charge is 0.314 e. The molecule has 24 heavy (non-hydrogen) atoms. The van der Waals surface area contributed by atoms with Crippen LogP contribution in [-0.2, 0) is 10.0 Å². The topological polar surface area (TPSA) is 73.8 Å². The first-order chi connectivity index (χ1) is 11.5. The van der Waals surface area contributed by atoms with E-state index in [2.05, 4.69) is 11.4 Å².